The summed E-state index contributed by atoms with van der Waals surface area (Å²) in [5.41, 5.74) is 2.65. The molecule has 146 valence electrons. The van der Waals surface area contributed by atoms with Crippen LogP contribution in [0, 0.1) is 0 Å². The molecule has 1 N–H and O–H groups in total. The van der Waals surface area contributed by atoms with Crippen molar-refractivity contribution in [2.45, 2.75) is 32.5 Å². The molecule has 2 aromatic rings. The van der Waals surface area contributed by atoms with Crippen LogP contribution in [0.3, 0.4) is 0 Å². The lowest BCUT2D eigenvalue weighted by Gasteiger charge is -2.33. The fourth-order valence-corrected chi connectivity index (χ4v) is 4.45. The van der Waals surface area contributed by atoms with Crippen molar-refractivity contribution in [2.75, 3.05) is 34.3 Å². The van der Waals surface area contributed by atoms with Gasteiger partial charge in [0.2, 0.25) is 0 Å². The minimum Gasteiger partial charge on any atom is -0.496 e. The van der Waals surface area contributed by atoms with E-state index >= 15 is 0 Å². The Morgan fingerprint density at radius 3 is 2.96 bits per heavy atom. The van der Waals surface area contributed by atoms with Crippen molar-refractivity contribution in [1.29, 1.82) is 0 Å². The molecule has 1 atom stereocenters. The van der Waals surface area contributed by atoms with Gasteiger partial charge in [-0.3, -0.25) is 9.89 Å². The number of hydrogen-bond donors (Lipinski definition) is 1. The summed E-state index contributed by atoms with van der Waals surface area (Å²) in [5.74, 6) is 1.81. The van der Waals surface area contributed by atoms with Gasteiger partial charge in [-0.2, -0.15) is 0 Å². The Morgan fingerprint density at radius 1 is 1.37 bits per heavy atom. The van der Waals surface area contributed by atoms with E-state index in [4.69, 9.17) is 4.74 Å². The Hall–Kier alpha value is -2.05. The zero-order chi connectivity index (χ0) is 19.2. The summed E-state index contributed by atoms with van der Waals surface area (Å²) >= 11 is 1.89. The number of hydrogen-bond acceptors (Lipinski definition) is 4. The van der Waals surface area contributed by atoms with E-state index in [1.807, 2.05) is 36.6 Å². The molecule has 27 heavy (non-hydrogen) atoms. The van der Waals surface area contributed by atoms with Crippen molar-refractivity contribution in [2.24, 2.45) is 4.99 Å². The van der Waals surface area contributed by atoms with E-state index in [0.717, 1.165) is 43.5 Å². The molecule has 1 aliphatic rings. The molecule has 0 amide bonds. The van der Waals surface area contributed by atoms with Gasteiger partial charge in [-0.05, 0) is 36.4 Å². The van der Waals surface area contributed by atoms with Gasteiger partial charge in [-0.1, -0.05) is 18.2 Å². The smallest absolute Gasteiger partial charge is 0.193 e. The topological polar surface area (TPSA) is 40.1 Å². The molecule has 1 aromatic carbocycles. The van der Waals surface area contributed by atoms with Crippen LogP contribution in [0.5, 0.6) is 5.75 Å². The van der Waals surface area contributed by atoms with Crippen LogP contribution in [0.4, 0.5) is 0 Å². The lowest BCUT2D eigenvalue weighted by atomic mass is 10.1. The monoisotopic (exact) mass is 386 g/mol. The van der Waals surface area contributed by atoms with Crippen LogP contribution in [0.25, 0.3) is 0 Å². The largest absolute Gasteiger partial charge is 0.496 e. The number of ether oxygens (including phenoxy) is 1. The standard InChI is InChI=1S/C21H30N4OS/c1-16(25-11-9-20-18(15-25)10-12-27-20)13-23-21(22-2)24(3)14-17-7-5-6-8-19(17)26-4/h5-8,10,12,16H,9,11,13-15H2,1-4H3,(H,22,23). The summed E-state index contributed by atoms with van der Waals surface area (Å²) in [5, 5.41) is 5.75. The van der Waals surface area contributed by atoms with Gasteiger partial charge in [0.25, 0.3) is 0 Å². The number of aliphatic imine (C=N–C) groups is 1. The number of fused-ring (bicyclic) bond motifs is 1. The minimum absolute atomic E-state index is 0.453. The highest BCUT2D eigenvalue weighted by Gasteiger charge is 2.21. The first-order valence-electron chi connectivity index (χ1n) is 9.45. The van der Waals surface area contributed by atoms with Crippen LogP contribution in [0.15, 0.2) is 40.7 Å². The molecule has 1 aromatic heterocycles. The molecule has 0 spiro atoms. The first-order valence-corrected chi connectivity index (χ1v) is 10.3. The fraction of sp³-hybridized carbons (Fsp3) is 0.476. The van der Waals surface area contributed by atoms with Crippen molar-refractivity contribution in [3.05, 3.63) is 51.7 Å². The van der Waals surface area contributed by atoms with Gasteiger partial charge < -0.3 is 15.0 Å². The average Bonchev–Trinajstić information content (AvgIpc) is 3.16. The van der Waals surface area contributed by atoms with Gasteiger partial charge in [0.05, 0.1) is 7.11 Å². The Labute approximate surface area is 166 Å². The van der Waals surface area contributed by atoms with Gasteiger partial charge in [-0.15, -0.1) is 11.3 Å². The summed E-state index contributed by atoms with van der Waals surface area (Å²) in [6.07, 6.45) is 1.17. The average molecular weight is 387 g/mol. The molecule has 0 aliphatic carbocycles. The predicted molar refractivity (Wildman–Crippen MR) is 114 cm³/mol. The highest BCUT2D eigenvalue weighted by Crippen LogP contribution is 2.25. The molecular formula is C21H30N4OS. The van der Waals surface area contributed by atoms with Gasteiger partial charge in [0, 0.05) is 56.8 Å². The third-order valence-electron chi connectivity index (χ3n) is 5.19. The fourth-order valence-electron chi connectivity index (χ4n) is 3.56. The molecule has 0 bridgehead atoms. The zero-order valence-corrected chi connectivity index (χ0v) is 17.6. The number of thiophene rings is 1. The van der Waals surface area contributed by atoms with Gasteiger partial charge in [0.1, 0.15) is 5.75 Å². The quantitative estimate of drug-likeness (QED) is 0.611. The van der Waals surface area contributed by atoms with Crippen LogP contribution in [-0.4, -0.2) is 56.1 Å². The second kappa shape index (κ2) is 9.24. The summed E-state index contributed by atoms with van der Waals surface area (Å²) in [7, 11) is 5.61. The SMILES string of the molecule is CN=C(NCC(C)N1CCc2sccc2C1)N(C)Cc1ccccc1OC. The second-order valence-corrected chi connectivity index (χ2v) is 8.04. The molecule has 3 rings (SSSR count). The third-order valence-corrected chi connectivity index (χ3v) is 6.21. The van der Waals surface area contributed by atoms with Gasteiger partial charge in [-0.25, -0.2) is 0 Å². The lowest BCUT2D eigenvalue weighted by molar-refractivity contribution is 0.192. The number of guanidine groups is 1. The van der Waals surface area contributed by atoms with Crippen molar-refractivity contribution in [3.8, 4) is 5.75 Å². The van der Waals surface area contributed by atoms with E-state index in [9.17, 15) is 0 Å². The number of nitrogens with one attached hydrogen (secondary N) is 1. The molecule has 6 heteroatoms. The van der Waals surface area contributed by atoms with Crippen LogP contribution in [0.2, 0.25) is 0 Å². The molecule has 5 nitrogen and oxygen atoms in total. The highest BCUT2D eigenvalue weighted by molar-refractivity contribution is 7.10. The normalized spacial score (nSPS) is 15.9. The lowest BCUT2D eigenvalue weighted by Crippen LogP contribution is -2.47. The van der Waals surface area contributed by atoms with E-state index in [-0.39, 0.29) is 0 Å². The summed E-state index contributed by atoms with van der Waals surface area (Å²) in [4.78, 5) is 10.7. The first-order chi connectivity index (χ1) is 13.1. The maximum Gasteiger partial charge on any atom is 0.193 e. The number of para-hydroxylation sites is 1. The number of nitrogens with zero attached hydrogens (tertiary/aromatic N) is 3. The molecule has 2 heterocycles. The van der Waals surface area contributed by atoms with Crippen LogP contribution in [-0.2, 0) is 19.5 Å². The first kappa shape index (κ1) is 19.7. The molecule has 1 aliphatic heterocycles. The summed E-state index contributed by atoms with van der Waals surface area (Å²) in [6.45, 7) is 6.10. The molecule has 0 saturated heterocycles. The second-order valence-electron chi connectivity index (χ2n) is 7.03. The van der Waals surface area contributed by atoms with Gasteiger partial charge >= 0.3 is 0 Å². The van der Waals surface area contributed by atoms with Crippen molar-refractivity contribution >= 4 is 17.3 Å². The van der Waals surface area contributed by atoms with E-state index in [1.165, 1.54) is 12.0 Å². The molecule has 0 saturated carbocycles. The van der Waals surface area contributed by atoms with E-state index in [0.29, 0.717) is 6.04 Å². The van der Waals surface area contributed by atoms with Crippen LogP contribution < -0.4 is 10.1 Å². The Bertz CT molecular complexity index is 773. The van der Waals surface area contributed by atoms with Gasteiger partial charge in [0.15, 0.2) is 5.96 Å². The maximum atomic E-state index is 5.47. The Morgan fingerprint density at radius 2 is 2.19 bits per heavy atom. The Balaban J connectivity index is 1.54. The van der Waals surface area contributed by atoms with E-state index in [2.05, 4.69) is 51.6 Å². The molecular weight excluding hydrogens is 356 g/mol. The Kier molecular flexibility index (Phi) is 6.74. The third kappa shape index (κ3) is 4.82. The highest BCUT2D eigenvalue weighted by atomic mass is 32.1. The summed E-state index contributed by atoms with van der Waals surface area (Å²) in [6, 6.07) is 10.8. The van der Waals surface area contributed by atoms with E-state index < -0.39 is 0 Å². The minimum atomic E-state index is 0.453. The molecule has 1 unspecified atom stereocenters. The molecule has 0 radical (unpaired) electrons. The number of benzene rings is 1. The molecule has 0 fully saturated rings. The number of methoxy groups -OCH3 is 1. The predicted octanol–water partition coefficient (Wildman–Crippen LogP) is 3.21. The maximum absolute atomic E-state index is 5.47. The summed E-state index contributed by atoms with van der Waals surface area (Å²) < 4.78 is 5.47. The van der Waals surface area contributed by atoms with Crippen molar-refractivity contribution < 1.29 is 4.74 Å². The zero-order valence-electron chi connectivity index (χ0n) is 16.7. The van der Waals surface area contributed by atoms with Crippen LogP contribution >= 0.6 is 11.3 Å². The number of rotatable bonds is 6. The van der Waals surface area contributed by atoms with E-state index in [1.54, 1.807) is 12.0 Å². The van der Waals surface area contributed by atoms with Crippen molar-refractivity contribution in [3.63, 3.8) is 0 Å². The van der Waals surface area contributed by atoms with Crippen molar-refractivity contribution in [1.82, 2.24) is 15.1 Å². The van der Waals surface area contributed by atoms with Crippen LogP contribution in [0.1, 0.15) is 22.9 Å².